The summed E-state index contributed by atoms with van der Waals surface area (Å²) in [5.41, 5.74) is 0.871. The summed E-state index contributed by atoms with van der Waals surface area (Å²) in [6.45, 7) is 4.31. The Morgan fingerprint density at radius 1 is 1.10 bits per heavy atom. The van der Waals surface area contributed by atoms with Crippen LogP contribution in [-0.4, -0.2) is 43.0 Å². The van der Waals surface area contributed by atoms with Crippen LogP contribution in [0.2, 0.25) is 5.02 Å². The van der Waals surface area contributed by atoms with Crippen LogP contribution in [0.4, 0.5) is 0 Å². The van der Waals surface area contributed by atoms with E-state index in [4.69, 9.17) is 21.1 Å². The summed E-state index contributed by atoms with van der Waals surface area (Å²) in [4.78, 5) is 26.9. The lowest BCUT2D eigenvalue weighted by molar-refractivity contribution is -0.142. The quantitative estimate of drug-likeness (QED) is 0.639. The van der Waals surface area contributed by atoms with Crippen molar-refractivity contribution in [3.63, 3.8) is 0 Å². The van der Waals surface area contributed by atoms with Crippen LogP contribution in [0.25, 0.3) is 0 Å². The predicted molar refractivity (Wildman–Crippen MR) is 113 cm³/mol. The lowest BCUT2D eigenvalue weighted by Gasteiger charge is -2.28. The van der Waals surface area contributed by atoms with Gasteiger partial charge in [0.05, 0.1) is 7.11 Å². The van der Waals surface area contributed by atoms with Gasteiger partial charge in [-0.1, -0.05) is 42.8 Å². The first kappa shape index (κ1) is 22.6. The van der Waals surface area contributed by atoms with Gasteiger partial charge in [0.25, 0.3) is 5.91 Å². The Labute approximate surface area is 176 Å². The third-order valence-electron chi connectivity index (χ3n) is 4.40. The van der Waals surface area contributed by atoms with E-state index in [1.807, 2.05) is 25.1 Å². The topological polar surface area (TPSA) is 67.9 Å². The Bertz CT molecular complexity index is 811. The largest absolute Gasteiger partial charge is 0.493 e. The molecule has 0 saturated carbocycles. The molecule has 0 saturated heterocycles. The molecule has 0 fully saturated rings. The number of benzene rings is 2. The van der Waals surface area contributed by atoms with Crippen LogP contribution in [0, 0.1) is 0 Å². The van der Waals surface area contributed by atoms with E-state index in [0.29, 0.717) is 23.1 Å². The van der Waals surface area contributed by atoms with Crippen molar-refractivity contribution in [3.8, 4) is 11.5 Å². The van der Waals surface area contributed by atoms with Crippen molar-refractivity contribution in [2.75, 3.05) is 20.3 Å². The normalized spacial score (nSPS) is 11.4. The number of hydrogen-bond donors (Lipinski definition) is 1. The van der Waals surface area contributed by atoms with E-state index >= 15 is 0 Å². The van der Waals surface area contributed by atoms with Crippen molar-refractivity contribution in [2.24, 2.45) is 0 Å². The van der Waals surface area contributed by atoms with Gasteiger partial charge in [-0.2, -0.15) is 0 Å². The highest BCUT2D eigenvalue weighted by Crippen LogP contribution is 2.26. The molecule has 0 aromatic heterocycles. The summed E-state index contributed by atoms with van der Waals surface area (Å²) in [7, 11) is 1.54. The van der Waals surface area contributed by atoms with E-state index in [2.05, 4.69) is 5.32 Å². The van der Waals surface area contributed by atoms with Crippen molar-refractivity contribution in [1.82, 2.24) is 10.2 Å². The maximum Gasteiger partial charge on any atom is 0.261 e. The Morgan fingerprint density at radius 3 is 2.38 bits per heavy atom. The van der Waals surface area contributed by atoms with Crippen LogP contribution >= 0.6 is 11.6 Å². The summed E-state index contributed by atoms with van der Waals surface area (Å²) < 4.78 is 10.9. The Kier molecular flexibility index (Phi) is 8.80. The lowest BCUT2D eigenvalue weighted by Crippen LogP contribution is -2.49. The molecule has 0 unspecified atom stereocenters. The van der Waals surface area contributed by atoms with Gasteiger partial charge in [0.2, 0.25) is 5.91 Å². The smallest absolute Gasteiger partial charge is 0.261 e. The van der Waals surface area contributed by atoms with Gasteiger partial charge < -0.3 is 19.7 Å². The summed E-state index contributed by atoms with van der Waals surface area (Å²) in [5, 5.41) is 3.45. The minimum atomic E-state index is -0.647. The SMILES string of the molecule is CCCNC(=O)[C@@H](C)N(Cc1ccc(Cl)cc1)C(=O)COc1ccccc1OC. The van der Waals surface area contributed by atoms with Gasteiger partial charge in [0.15, 0.2) is 18.1 Å². The highest BCUT2D eigenvalue weighted by Gasteiger charge is 2.26. The number of ether oxygens (including phenoxy) is 2. The van der Waals surface area contributed by atoms with Crippen LogP contribution in [0.5, 0.6) is 11.5 Å². The zero-order valence-corrected chi connectivity index (χ0v) is 17.7. The summed E-state index contributed by atoms with van der Waals surface area (Å²) in [6, 6.07) is 13.6. The molecule has 2 amide bonds. The molecule has 0 heterocycles. The lowest BCUT2D eigenvalue weighted by atomic mass is 10.1. The fourth-order valence-corrected chi connectivity index (χ4v) is 2.85. The number of hydrogen-bond acceptors (Lipinski definition) is 4. The van der Waals surface area contributed by atoms with Crippen LogP contribution in [0.3, 0.4) is 0 Å². The summed E-state index contributed by atoms with van der Waals surface area (Å²) in [5.74, 6) is 0.507. The predicted octanol–water partition coefficient (Wildman–Crippen LogP) is 3.67. The molecule has 2 rings (SSSR count). The van der Waals surface area contributed by atoms with Gasteiger partial charge in [-0.15, -0.1) is 0 Å². The first-order chi connectivity index (χ1) is 14.0. The highest BCUT2D eigenvalue weighted by atomic mass is 35.5. The molecule has 1 atom stereocenters. The van der Waals surface area contributed by atoms with Crippen molar-refractivity contribution in [3.05, 3.63) is 59.1 Å². The van der Waals surface area contributed by atoms with E-state index in [9.17, 15) is 9.59 Å². The number of rotatable bonds is 10. The number of carbonyl (C=O) groups excluding carboxylic acids is 2. The van der Waals surface area contributed by atoms with Gasteiger partial charge >= 0.3 is 0 Å². The highest BCUT2D eigenvalue weighted by molar-refractivity contribution is 6.30. The average Bonchev–Trinajstić information content (AvgIpc) is 2.75. The number of para-hydroxylation sites is 2. The molecule has 0 spiro atoms. The zero-order valence-electron chi connectivity index (χ0n) is 17.0. The molecule has 0 bridgehead atoms. The number of nitrogens with one attached hydrogen (secondary N) is 1. The maximum atomic E-state index is 13.0. The molecule has 6 nitrogen and oxygen atoms in total. The van der Waals surface area contributed by atoms with Gasteiger partial charge in [0, 0.05) is 18.1 Å². The monoisotopic (exact) mass is 418 g/mol. The molecule has 2 aromatic carbocycles. The van der Waals surface area contributed by atoms with E-state index in [0.717, 1.165) is 12.0 Å². The minimum Gasteiger partial charge on any atom is -0.493 e. The van der Waals surface area contributed by atoms with Gasteiger partial charge in [-0.05, 0) is 43.2 Å². The fourth-order valence-electron chi connectivity index (χ4n) is 2.73. The zero-order chi connectivity index (χ0) is 21.2. The Morgan fingerprint density at radius 2 is 1.76 bits per heavy atom. The molecule has 1 N–H and O–H groups in total. The molecule has 0 aliphatic heterocycles. The van der Waals surface area contributed by atoms with E-state index in [-0.39, 0.29) is 25.0 Å². The number of amides is 2. The fraction of sp³-hybridized carbons (Fsp3) is 0.364. The van der Waals surface area contributed by atoms with Crippen LogP contribution in [-0.2, 0) is 16.1 Å². The first-order valence-corrected chi connectivity index (χ1v) is 9.91. The second kappa shape index (κ2) is 11.3. The maximum absolute atomic E-state index is 13.0. The number of nitrogens with zero attached hydrogens (tertiary/aromatic N) is 1. The number of halogens is 1. The molecular weight excluding hydrogens is 392 g/mol. The Balaban J connectivity index is 2.14. The van der Waals surface area contributed by atoms with Crippen LogP contribution in [0.1, 0.15) is 25.8 Å². The average molecular weight is 419 g/mol. The molecule has 0 aliphatic rings. The molecular formula is C22H27ClN2O4. The van der Waals surface area contributed by atoms with Crippen LogP contribution < -0.4 is 14.8 Å². The van der Waals surface area contributed by atoms with Crippen molar-refractivity contribution < 1.29 is 19.1 Å². The summed E-state index contributed by atoms with van der Waals surface area (Å²) in [6.07, 6.45) is 0.820. The van der Waals surface area contributed by atoms with Crippen molar-refractivity contribution in [1.29, 1.82) is 0 Å². The van der Waals surface area contributed by atoms with Crippen molar-refractivity contribution in [2.45, 2.75) is 32.9 Å². The third kappa shape index (κ3) is 6.68. The van der Waals surface area contributed by atoms with E-state index in [1.165, 1.54) is 12.0 Å². The van der Waals surface area contributed by atoms with Crippen LogP contribution in [0.15, 0.2) is 48.5 Å². The molecule has 2 aromatic rings. The molecule has 29 heavy (non-hydrogen) atoms. The van der Waals surface area contributed by atoms with Gasteiger partial charge in [0.1, 0.15) is 6.04 Å². The standard InChI is InChI=1S/C22H27ClN2O4/c1-4-13-24-22(27)16(2)25(14-17-9-11-18(23)12-10-17)21(26)15-29-20-8-6-5-7-19(20)28-3/h5-12,16H,4,13-15H2,1-3H3,(H,24,27)/t16-/m1/s1. The Hall–Kier alpha value is -2.73. The van der Waals surface area contributed by atoms with Gasteiger partial charge in [-0.25, -0.2) is 0 Å². The van der Waals surface area contributed by atoms with E-state index < -0.39 is 6.04 Å². The first-order valence-electron chi connectivity index (χ1n) is 9.53. The molecule has 7 heteroatoms. The molecule has 156 valence electrons. The van der Waals surface area contributed by atoms with Gasteiger partial charge in [-0.3, -0.25) is 9.59 Å². The second-order valence-electron chi connectivity index (χ2n) is 6.55. The minimum absolute atomic E-state index is 0.202. The second-order valence-corrected chi connectivity index (χ2v) is 6.99. The third-order valence-corrected chi connectivity index (χ3v) is 4.65. The summed E-state index contributed by atoms with van der Waals surface area (Å²) >= 11 is 5.95. The molecule has 0 aliphatic carbocycles. The van der Waals surface area contributed by atoms with E-state index in [1.54, 1.807) is 37.3 Å². The number of methoxy groups -OCH3 is 1. The number of carbonyl (C=O) groups is 2. The molecule has 0 radical (unpaired) electrons. The van der Waals surface area contributed by atoms with Crippen molar-refractivity contribution >= 4 is 23.4 Å².